The number of carbonyl (C=O) groups is 2. The van der Waals surface area contributed by atoms with E-state index in [0.717, 1.165) is 0 Å². The molecule has 0 saturated heterocycles. The van der Waals surface area contributed by atoms with Crippen LogP contribution >= 0.6 is 0 Å². The van der Waals surface area contributed by atoms with E-state index >= 15 is 0 Å². The Kier molecular flexibility index (Phi) is 5.76. The fourth-order valence-corrected chi connectivity index (χ4v) is 3.98. The van der Waals surface area contributed by atoms with E-state index in [2.05, 4.69) is 0 Å². The Balaban J connectivity index is 1.97. The van der Waals surface area contributed by atoms with Crippen LogP contribution in [0.4, 0.5) is 0 Å². The van der Waals surface area contributed by atoms with E-state index in [1.165, 1.54) is 0 Å². The van der Waals surface area contributed by atoms with E-state index in [1.807, 2.05) is 13.8 Å². The monoisotopic (exact) mass is 370 g/mol. The van der Waals surface area contributed by atoms with Gasteiger partial charge in [0.1, 0.15) is 11.2 Å². The lowest BCUT2D eigenvalue weighted by atomic mass is 9.71. The van der Waals surface area contributed by atoms with Gasteiger partial charge < -0.3 is 20.1 Å². The Morgan fingerprint density at radius 1 is 1.00 bits per heavy atom. The fraction of sp³-hybridized carbons (Fsp3) is 0.900. The van der Waals surface area contributed by atoms with Crippen LogP contribution in [0.2, 0.25) is 0 Å². The van der Waals surface area contributed by atoms with Gasteiger partial charge in [-0.3, -0.25) is 9.59 Å². The number of hydrogen-bond acceptors (Lipinski definition) is 6. The molecule has 0 bridgehead atoms. The first-order valence-electron chi connectivity index (χ1n) is 9.55. The highest BCUT2D eigenvalue weighted by Gasteiger charge is 2.47. The summed E-state index contributed by atoms with van der Waals surface area (Å²) in [5.74, 6) is -0.719. The molecule has 4 unspecified atom stereocenters. The second-order valence-corrected chi connectivity index (χ2v) is 9.58. The van der Waals surface area contributed by atoms with Gasteiger partial charge in [0.15, 0.2) is 11.6 Å². The minimum absolute atomic E-state index is 0.0679. The highest BCUT2D eigenvalue weighted by atomic mass is 16.5. The molecule has 0 aromatic rings. The highest BCUT2D eigenvalue weighted by Crippen LogP contribution is 2.40. The topological polar surface area (TPSA) is 104 Å². The normalized spacial score (nSPS) is 37.1. The molecule has 2 aliphatic rings. The molecule has 6 nitrogen and oxygen atoms in total. The standard InChI is InChI=1S/C20H34O6/c1-17(2,23)13-7-9-20(25,16(22)10-13)12-26-18(3,4)14-6-8-19(5,24)15(21)11-14/h13-14,23-25H,6-12H2,1-5H3. The van der Waals surface area contributed by atoms with Crippen LogP contribution in [-0.4, -0.2) is 55.9 Å². The molecule has 0 heterocycles. The van der Waals surface area contributed by atoms with E-state index in [4.69, 9.17) is 4.74 Å². The van der Waals surface area contributed by atoms with Crippen LogP contribution in [0.3, 0.4) is 0 Å². The first kappa shape index (κ1) is 21.5. The number of Topliss-reactive ketones (excluding diaryl/α,β-unsaturated/α-hetero) is 2. The van der Waals surface area contributed by atoms with Crippen molar-refractivity contribution in [3.8, 4) is 0 Å². The first-order valence-corrected chi connectivity index (χ1v) is 9.55. The molecule has 2 aliphatic carbocycles. The molecule has 2 rings (SSSR count). The SMILES string of the molecule is CC1(O)CCC(C(C)(C)OCC2(O)CCC(C(C)(C)O)CC2=O)CC1=O. The summed E-state index contributed by atoms with van der Waals surface area (Å²) in [5, 5.41) is 30.9. The zero-order chi connectivity index (χ0) is 20.0. The average Bonchev–Trinajstić information content (AvgIpc) is 2.50. The van der Waals surface area contributed by atoms with Crippen LogP contribution in [0.1, 0.15) is 73.1 Å². The summed E-state index contributed by atoms with van der Waals surface area (Å²) in [6.07, 6.45) is 2.22. The quantitative estimate of drug-likeness (QED) is 0.681. The summed E-state index contributed by atoms with van der Waals surface area (Å²) in [5.41, 5.74) is -4.44. The molecular weight excluding hydrogens is 336 g/mol. The summed E-state index contributed by atoms with van der Waals surface area (Å²) >= 11 is 0. The molecule has 6 heteroatoms. The van der Waals surface area contributed by atoms with Gasteiger partial charge in [0.2, 0.25) is 0 Å². The van der Waals surface area contributed by atoms with Gasteiger partial charge in [0, 0.05) is 12.8 Å². The number of ether oxygens (including phenoxy) is 1. The second kappa shape index (κ2) is 6.97. The van der Waals surface area contributed by atoms with Gasteiger partial charge in [-0.15, -0.1) is 0 Å². The van der Waals surface area contributed by atoms with E-state index in [-0.39, 0.29) is 49.3 Å². The Labute approximate surface area is 155 Å². The molecule has 2 fully saturated rings. The Morgan fingerprint density at radius 3 is 2.04 bits per heavy atom. The summed E-state index contributed by atoms with van der Waals surface area (Å²) in [6.45, 7) is 8.52. The van der Waals surface area contributed by atoms with Crippen LogP contribution in [-0.2, 0) is 14.3 Å². The summed E-state index contributed by atoms with van der Waals surface area (Å²) in [4.78, 5) is 24.6. The van der Waals surface area contributed by atoms with Gasteiger partial charge in [-0.05, 0) is 72.1 Å². The Morgan fingerprint density at radius 2 is 1.54 bits per heavy atom. The molecule has 0 radical (unpaired) electrons. The second-order valence-electron chi connectivity index (χ2n) is 9.58. The van der Waals surface area contributed by atoms with Crippen molar-refractivity contribution in [3.05, 3.63) is 0 Å². The lowest BCUT2D eigenvalue weighted by Crippen LogP contribution is -2.53. The molecule has 2 saturated carbocycles. The molecule has 0 aromatic heterocycles. The van der Waals surface area contributed by atoms with Crippen molar-refractivity contribution in [1.82, 2.24) is 0 Å². The first-order chi connectivity index (χ1) is 11.7. The molecule has 0 amide bonds. The number of hydrogen-bond donors (Lipinski definition) is 3. The molecule has 0 aromatic carbocycles. The molecule has 0 spiro atoms. The van der Waals surface area contributed by atoms with Crippen molar-refractivity contribution in [2.75, 3.05) is 6.61 Å². The molecule has 0 aliphatic heterocycles. The van der Waals surface area contributed by atoms with Gasteiger partial charge in [-0.1, -0.05) is 0 Å². The van der Waals surface area contributed by atoms with Gasteiger partial charge in [-0.25, -0.2) is 0 Å². The van der Waals surface area contributed by atoms with Crippen molar-refractivity contribution < 1.29 is 29.6 Å². The molecule has 4 atom stereocenters. The van der Waals surface area contributed by atoms with E-state index in [0.29, 0.717) is 19.3 Å². The minimum atomic E-state index is -1.54. The predicted molar refractivity (Wildman–Crippen MR) is 96.6 cm³/mol. The van der Waals surface area contributed by atoms with Crippen molar-refractivity contribution in [2.24, 2.45) is 11.8 Å². The number of carbonyl (C=O) groups excluding carboxylic acids is 2. The Bertz CT molecular complexity index is 559. The summed E-state index contributed by atoms with van der Waals surface area (Å²) in [7, 11) is 0. The average molecular weight is 370 g/mol. The van der Waals surface area contributed by atoms with Crippen LogP contribution in [0.5, 0.6) is 0 Å². The zero-order valence-corrected chi connectivity index (χ0v) is 16.7. The lowest BCUT2D eigenvalue weighted by Gasteiger charge is -2.43. The Hall–Kier alpha value is -0.820. The van der Waals surface area contributed by atoms with Gasteiger partial charge >= 0.3 is 0 Å². The minimum Gasteiger partial charge on any atom is -0.390 e. The van der Waals surface area contributed by atoms with Crippen molar-refractivity contribution in [2.45, 2.75) is 95.5 Å². The summed E-state index contributed by atoms with van der Waals surface area (Å²) < 4.78 is 5.95. The number of ketones is 2. The van der Waals surface area contributed by atoms with Crippen molar-refractivity contribution in [1.29, 1.82) is 0 Å². The number of aliphatic hydroxyl groups is 3. The van der Waals surface area contributed by atoms with E-state index in [1.54, 1.807) is 20.8 Å². The lowest BCUT2D eigenvalue weighted by molar-refractivity contribution is -0.174. The van der Waals surface area contributed by atoms with E-state index in [9.17, 15) is 24.9 Å². The predicted octanol–water partition coefficient (Wildman–Crippen LogP) is 1.77. The molecular formula is C20H34O6. The van der Waals surface area contributed by atoms with Crippen LogP contribution in [0, 0.1) is 11.8 Å². The highest BCUT2D eigenvalue weighted by molar-refractivity contribution is 5.88. The third kappa shape index (κ3) is 4.53. The van der Waals surface area contributed by atoms with Gasteiger partial charge in [0.05, 0.1) is 17.8 Å². The van der Waals surface area contributed by atoms with Crippen LogP contribution in [0.25, 0.3) is 0 Å². The molecule has 3 N–H and O–H groups in total. The third-order valence-corrected chi connectivity index (χ3v) is 6.53. The van der Waals surface area contributed by atoms with Gasteiger partial charge in [-0.2, -0.15) is 0 Å². The van der Waals surface area contributed by atoms with Crippen LogP contribution in [0.15, 0.2) is 0 Å². The van der Waals surface area contributed by atoms with E-state index < -0.39 is 22.4 Å². The maximum Gasteiger partial charge on any atom is 0.167 e. The van der Waals surface area contributed by atoms with Crippen molar-refractivity contribution in [3.63, 3.8) is 0 Å². The maximum atomic E-state index is 12.5. The maximum absolute atomic E-state index is 12.5. The smallest absolute Gasteiger partial charge is 0.167 e. The number of rotatable bonds is 5. The largest absolute Gasteiger partial charge is 0.390 e. The van der Waals surface area contributed by atoms with Crippen LogP contribution < -0.4 is 0 Å². The van der Waals surface area contributed by atoms with Gasteiger partial charge in [0.25, 0.3) is 0 Å². The fourth-order valence-electron chi connectivity index (χ4n) is 3.98. The third-order valence-electron chi connectivity index (χ3n) is 6.53. The molecule has 26 heavy (non-hydrogen) atoms. The van der Waals surface area contributed by atoms with Crippen molar-refractivity contribution >= 4 is 11.6 Å². The zero-order valence-electron chi connectivity index (χ0n) is 16.7. The summed E-state index contributed by atoms with van der Waals surface area (Å²) in [6, 6.07) is 0. The molecule has 150 valence electrons.